The molecule has 0 fully saturated rings. The molecule has 0 saturated heterocycles. The third kappa shape index (κ3) is 1.80. The molecular weight excluding hydrogens is 318 g/mol. The van der Waals surface area contributed by atoms with Gasteiger partial charge in [0, 0.05) is 28.6 Å². The number of nitrogens with zero attached hydrogens (tertiary/aromatic N) is 2. The van der Waals surface area contributed by atoms with Crippen molar-refractivity contribution in [3.05, 3.63) is 63.4 Å². The second-order valence-electron chi connectivity index (χ2n) is 6.76. The van der Waals surface area contributed by atoms with Crippen LogP contribution in [0.15, 0.2) is 41.2 Å². The van der Waals surface area contributed by atoms with E-state index >= 15 is 0 Å². The van der Waals surface area contributed by atoms with Crippen LogP contribution in [0.4, 0.5) is 0 Å². The standard InChI is InChI=1S/C19H15N3O3/c1-19(25)13-7-15-16-11(6-10-4-2-3-5-14(10)21-16)9-22(15)17(23)12(13)8-20-18(19)24/h2-7,25H,8-9H2,1H3,(H,20,24)/t19-/m0/s1. The number of hydrogen-bond acceptors (Lipinski definition) is 4. The van der Waals surface area contributed by atoms with Crippen molar-refractivity contribution < 1.29 is 9.90 Å². The van der Waals surface area contributed by atoms with Crippen molar-refractivity contribution in [1.29, 1.82) is 0 Å². The molecule has 1 aromatic carbocycles. The number of aromatic nitrogens is 2. The second-order valence-corrected chi connectivity index (χ2v) is 6.76. The molecule has 124 valence electrons. The average molecular weight is 333 g/mol. The van der Waals surface area contributed by atoms with Crippen molar-refractivity contribution >= 4 is 16.8 Å². The highest BCUT2D eigenvalue weighted by Crippen LogP contribution is 2.35. The fraction of sp³-hybridized carbons (Fsp3) is 0.211. The van der Waals surface area contributed by atoms with Crippen LogP contribution in [-0.4, -0.2) is 20.6 Å². The van der Waals surface area contributed by atoms with Crippen LogP contribution in [0.1, 0.15) is 23.6 Å². The molecule has 6 nitrogen and oxygen atoms in total. The van der Waals surface area contributed by atoms with Crippen LogP contribution in [0, 0.1) is 0 Å². The largest absolute Gasteiger partial charge is 0.376 e. The van der Waals surface area contributed by atoms with E-state index in [0.29, 0.717) is 23.4 Å². The smallest absolute Gasteiger partial charge is 0.256 e. The Hall–Kier alpha value is -2.99. The zero-order chi connectivity index (χ0) is 17.3. The Labute approximate surface area is 142 Å². The summed E-state index contributed by atoms with van der Waals surface area (Å²) in [6, 6.07) is 11.6. The van der Waals surface area contributed by atoms with Gasteiger partial charge < -0.3 is 15.0 Å². The van der Waals surface area contributed by atoms with Gasteiger partial charge in [0.05, 0.1) is 23.4 Å². The first-order valence-electron chi connectivity index (χ1n) is 8.14. The van der Waals surface area contributed by atoms with Gasteiger partial charge >= 0.3 is 0 Å². The van der Waals surface area contributed by atoms with Crippen LogP contribution in [0.2, 0.25) is 0 Å². The first-order chi connectivity index (χ1) is 12.0. The number of carbonyl (C=O) groups is 1. The maximum absolute atomic E-state index is 12.9. The van der Waals surface area contributed by atoms with Gasteiger partial charge in [-0.3, -0.25) is 9.59 Å². The third-order valence-corrected chi connectivity index (χ3v) is 5.17. The number of aliphatic hydroxyl groups is 1. The van der Waals surface area contributed by atoms with E-state index in [4.69, 9.17) is 4.98 Å². The zero-order valence-electron chi connectivity index (χ0n) is 13.5. The van der Waals surface area contributed by atoms with Gasteiger partial charge in [0.25, 0.3) is 11.5 Å². The number of fused-ring (bicyclic) bond motifs is 5. The fourth-order valence-corrected chi connectivity index (χ4v) is 3.78. The molecule has 0 radical (unpaired) electrons. The Kier molecular flexibility index (Phi) is 2.61. The Balaban J connectivity index is 1.82. The van der Waals surface area contributed by atoms with Crippen molar-refractivity contribution in [2.45, 2.75) is 25.6 Å². The molecule has 2 N–H and O–H groups in total. The molecule has 2 aliphatic rings. The summed E-state index contributed by atoms with van der Waals surface area (Å²) < 4.78 is 1.67. The number of rotatable bonds is 0. The van der Waals surface area contributed by atoms with E-state index in [1.165, 1.54) is 6.92 Å². The summed E-state index contributed by atoms with van der Waals surface area (Å²) in [7, 11) is 0. The lowest BCUT2D eigenvalue weighted by Crippen LogP contribution is -2.49. The molecule has 1 atom stereocenters. The van der Waals surface area contributed by atoms with E-state index in [1.807, 2.05) is 30.3 Å². The summed E-state index contributed by atoms with van der Waals surface area (Å²) in [5, 5.41) is 14.2. The molecule has 0 aliphatic carbocycles. The van der Waals surface area contributed by atoms with Crippen molar-refractivity contribution in [1.82, 2.24) is 14.9 Å². The molecule has 5 rings (SSSR count). The van der Waals surface area contributed by atoms with Crippen LogP contribution >= 0.6 is 0 Å². The van der Waals surface area contributed by atoms with Crippen molar-refractivity contribution in [3.63, 3.8) is 0 Å². The highest BCUT2D eigenvalue weighted by Gasteiger charge is 2.41. The number of hydrogen-bond donors (Lipinski definition) is 2. The molecule has 2 aliphatic heterocycles. The molecule has 1 amide bonds. The maximum atomic E-state index is 12.9. The van der Waals surface area contributed by atoms with Gasteiger partial charge in [-0.1, -0.05) is 18.2 Å². The van der Waals surface area contributed by atoms with E-state index < -0.39 is 11.5 Å². The summed E-state index contributed by atoms with van der Waals surface area (Å²) in [6.45, 7) is 2.00. The Morgan fingerprint density at radius 2 is 2.04 bits per heavy atom. The molecule has 25 heavy (non-hydrogen) atoms. The van der Waals surface area contributed by atoms with Crippen molar-refractivity contribution in [3.8, 4) is 11.4 Å². The van der Waals surface area contributed by atoms with E-state index in [9.17, 15) is 14.7 Å². The highest BCUT2D eigenvalue weighted by atomic mass is 16.3. The monoisotopic (exact) mass is 333 g/mol. The highest BCUT2D eigenvalue weighted by molar-refractivity contribution is 5.89. The Morgan fingerprint density at radius 3 is 2.88 bits per heavy atom. The van der Waals surface area contributed by atoms with Gasteiger partial charge in [-0.2, -0.15) is 0 Å². The molecule has 3 aromatic rings. The SMILES string of the molecule is C[C@@]1(O)C(=O)NCc2c1cc1n(c2=O)Cc2cc3ccccc3nc2-1. The van der Waals surface area contributed by atoms with Crippen LogP contribution in [0.25, 0.3) is 22.3 Å². The van der Waals surface area contributed by atoms with Gasteiger partial charge in [-0.25, -0.2) is 4.98 Å². The van der Waals surface area contributed by atoms with Crippen LogP contribution in [0.5, 0.6) is 0 Å². The van der Waals surface area contributed by atoms with E-state index in [-0.39, 0.29) is 12.1 Å². The lowest BCUT2D eigenvalue weighted by atomic mass is 9.87. The quantitative estimate of drug-likeness (QED) is 0.507. The summed E-state index contributed by atoms with van der Waals surface area (Å²) in [5.74, 6) is -0.492. The summed E-state index contributed by atoms with van der Waals surface area (Å²) in [6.07, 6.45) is 0. The normalized spacial score (nSPS) is 20.8. The topological polar surface area (TPSA) is 84.2 Å². The summed E-state index contributed by atoms with van der Waals surface area (Å²) in [5.41, 5.74) is 2.11. The molecule has 0 bridgehead atoms. The first kappa shape index (κ1) is 14.4. The van der Waals surface area contributed by atoms with Gasteiger partial charge in [0.15, 0.2) is 5.60 Å². The molecule has 0 unspecified atom stereocenters. The zero-order valence-corrected chi connectivity index (χ0v) is 13.5. The molecule has 2 aromatic heterocycles. The van der Waals surface area contributed by atoms with Gasteiger partial charge in [0.1, 0.15) is 0 Å². The predicted octanol–water partition coefficient (Wildman–Crippen LogP) is 1.26. The maximum Gasteiger partial charge on any atom is 0.256 e. The molecule has 6 heteroatoms. The minimum Gasteiger partial charge on any atom is -0.376 e. The van der Waals surface area contributed by atoms with Gasteiger partial charge in [-0.05, 0) is 25.1 Å². The van der Waals surface area contributed by atoms with E-state index in [0.717, 1.165) is 22.2 Å². The summed E-state index contributed by atoms with van der Waals surface area (Å²) in [4.78, 5) is 29.7. The van der Waals surface area contributed by atoms with E-state index in [2.05, 4.69) is 5.32 Å². The van der Waals surface area contributed by atoms with Crippen LogP contribution in [0.3, 0.4) is 0 Å². The number of pyridine rings is 2. The molecule has 0 saturated carbocycles. The third-order valence-electron chi connectivity index (χ3n) is 5.17. The van der Waals surface area contributed by atoms with Crippen LogP contribution < -0.4 is 10.9 Å². The minimum absolute atomic E-state index is 0.134. The lowest BCUT2D eigenvalue weighted by Gasteiger charge is -2.30. The van der Waals surface area contributed by atoms with Crippen molar-refractivity contribution in [2.24, 2.45) is 0 Å². The molecule has 4 heterocycles. The van der Waals surface area contributed by atoms with Crippen molar-refractivity contribution in [2.75, 3.05) is 0 Å². The summed E-state index contributed by atoms with van der Waals surface area (Å²) >= 11 is 0. The molecular formula is C19H15N3O3. The predicted molar refractivity (Wildman–Crippen MR) is 92.0 cm³/mol. The Morgan fingerprint density at radius 1 is 1.24 bits per heavy atom. The fourth-order valence-electron chi connectivity index (χ4n) is 3.78. The first-order valence-corrected chi connectivity index (χ1v) is 8.14. The number of nitrogens with one attached hydrogen (secondary N) is 1. The number of benzene rings is 1. The number of amides is 1. The van der Waals surface area contributed by atoms with Gasteiger partial charge in [-0.15, -0.1) is 0 Å². The minimum atomic E-state index is -1.72. The average Bonchev–Trinajstić information content (AvgIpc) is 2.95. The number of carbonyl (C=O) groups excluding carboxylic acids is 1. The second kappa shape index (κ2) is 4.55. The van der Waals surface area contributed by atoms with Crippen LogP contribution in [-0.2, 0) is 23.5 Å². The van der Waals surface area contributed by atoms with E-state index in [1.54, 1.807) is 10.6 Å². The Bertz CT molecular complexity index is 1140. The lowest BCUT2D eigenvalue weighted by molar-refractivity contribution is -0.140. The number of para-hydroxylation sites is 1. The van der Waals surface area contributed by atoms with Gasteiger partial charge in [0.2, 0.25) is 0 Å². The molecule has 0 spiro atoms.